The molecule has 2 N–H and O–H groups in total. The van der Waals surface area contributed by atoms with Gasteiger partial charge in [-0.15, -0.1) is 11.3 Å². The molecular weight excluding hydrogens is 314 g/mol. The Morgan fingerprint density at radius 3 is 2.68 bits per heavy atom. The summed E-state index contributed by atoms with van der Waals surface area (Å²) in [4.78, 5) is 12.3. The number of thiophene rings is 1. The minimum atomic E-state index is -0.217. The average molecular weight is 335 g/mol. The van der Waals surface area contributed by atoms with Crippen LogP contribution in [0.25, 0.3) is 0 Å². The van der Waals surface area contributed by atoms with Crippen LogP contribution in [-0.2, 0) is 17.6 Å². The second-order valence-electron chi connectivity index (χ2n) is 6.76. The highest BCUT2D eigenvalue weighted by Gasteiger charge is 2.32. The smallest absolute Gasteiger partial charge is 0.222 e. The van der Waals surface area contributed by atoms with Gasteiger partial charge in [0, 0.05) is 11.8 Å². The lowest BCUT2D eigenvalue weighted by atomic mass is 9.72. The van der Waals surface area contributed by atoms with E-state index in [1.165, 1.54) is 11.8 Å². The minimum absolute atomic E-state index is 0.217. The molecule has 0 aliphatic heterocycles. The first kappa shape index (κ1) is 16.9. The number of carbonyl (C=O) groups excluding carboxylic acids is 1. The number of amides is 1. The van der Waals surface area contributed by atoms with Crippen LogP contribution >= 0.6 is 23.6 Å². The van der Waals surface area contributed by atoms with Gasteiger partial charge in [0.2, 0.25) is 5.91 Å². The van der Waals surface area contributed by atoms with Crippen molar-refractivity contribution in [2.24, 2.45) is 11.3 Å². The van der Waals surface area contributed by atoms with Crippen molar-refractivity contribution in [2.75, 3.05) is 5.32 Å². The number of nitrogens with one attached hydrogen (secondary N) is 2. The minimum Gasteiger partial charge on any atom is -0.323 e. The number of hydrogen-bond donors (Lipinski definition) is 2. The zero-order valence-corrected chi connectivity index (χ0v) is 15.0. The lowest BCUT2D eigenvalue weighted by molar-refractivity contribution is -0.117. The van der Waals surface area contributed by atoms with E-state index in [2.05, 4.69) is 37.5 Å². The standard InChI is InChI=1S/C16H21N3OS2/c1-9(20)18-15(21)19-14-12(8-17)11-6-5-10(16(2,3)4)7-13(11)22-14/h10H,5-7H2,1-4H3,(H2,18,19,20,21). The number of nitrogens with zero attached hydrogens (tertiary/aromatic N) is 1. The Bertz CT molecular complexity index is 650. The van der Waals surface area contributed by atoms with Crippen molar-refractivity contribution in [3.05, 3.63) is 16.0 Å². The first-order valence-electron chi connectivity index (χ1n) is 7.35. The summed E-state index contributed by atoms with van der Waals surface area (Å²) in [5.41, 5.74) is 2.11. The van der Waals surface area contributed by atoms with E-state index in [0.29, 0.717) is 11.5 Å². The molecule has 118 valence electrons. The van der Waals surface area contributed by atoms with Crippen molar-refractivity contribution in [1.82, 2.24) is 5.32 Å². The molecule has 0 saturated carbocycles. The number of fused-ring (bicyclic) bond motifs is 1. The van der Waals surface area contributed by atoms with Gasteiger partial charge in [-0.25, -0.2) is 0 Å². The molecule has 1 aliphatic rings. The molecule has 0 radical (unpaired) electrons. The molecule has 1 heterocycles. The van der Waals surface area contributed by atoms with Gasteiger partial charge in [0.15, 0.2) is 5.11 Å². The molecule has 1 aromatic heterocycles. The normalized spacial score (nSPS) is 17.3. The molecule has 0 aromatic carbocycles. The van der Waals surface area contributed by atoms with Gasteiger partial charge in [-0.2, -0.15) is 5.26 Å². The molecule has 6 heteroatoms. The lowest BCUT2D eigenvalue weighted by Crippen LogP contribution is -2.32. The van der Waals surface area contributed by atoms with Crippen LogP contribution in [0.4, 0.5) is 5.00 Å². The van der Waals surface area contributed by atoms with Crippen LogP contribution in [-0.4, -0.2) is 11.0 Å². The molecule has 0 fully saturated rings. The van der Waals surface area contributed by atoms with Crippen molar-refractivity contribution in [2.45, 2.75) is 47.0 Å². The summed E-state index contributed by atoms with van der Waals surface area (Å²) in [5.74, 6) is 0.408. The fourth-order valence-electron chi connectivity index (χ4n) is 2.83. The molecule has 1 aliphatic carbocycles. The Morgan fingerprint density at radius 1 is 1.45 bits per heavy atom. The van der Waals surface area contributed by atoms with Gasteiger partial charge in [0.1, 0.15) is 11.1 Å². The highest BCUT2D eigenvalue weighted by molar-refractivity contribution is 7.80. The fraction of sp³-hybridized carbons (Fsp3) is 0.562. The molecule has 22 heavy (non-hydrogen) atoms. The maximum Gasteiger partial charge on any atom is 0.222 e. The van der Waals surface area contributed by atoms with E-state index in [9.17, 15) is 10.1 Å². The van der Waals surface area contributed by atoms with E-state index in [-0.39, 0.29) is 16.4 Å². The van der Waals surface area contributed by atoms with Crippen LogP contribution in [0.3, 0.4) is 0 Å². The Balaban J connectivity index is 2.25. The zero-order chi connectivity index (χ0) is 16.5. The summed E-state index contributed by atoms with van der Waals surface area (Å²) in [7, 11) is 0. The number of carbonyl (C=O) groups is 1. The second-order valence-corrected chi connectivity index (χ2v) is 8.27. The summed E-state index contributed by atoms with van der Waals surface area (Å²) >= 11 is 6.69. The lowest BCUT2D eigenvalue weighted by Gasteiger charge is -2.33. The van der Waals surface area contributed by atoms with Gasteiger partial charge in [0.25, 0.3) is 0 Å². The third-order valence-electron chi connectivity index (χ3n) is 4.12. The number of nitriles is 1. The van der Waals surface area contributed by atoms with Crippen molar-refractivity contribution in [1.29, 1.82) is 5.26 Å². The van der Waals surface area contributed by atoms with Gasteiger partial charge in [0.05, 0.1) is 5.56 Å². The van der Waals surface area contributed by atoms with Crippen LogP contribution in [0.5, 0.6) is 0 Å². The molecule has 0 spiro atoms. The highest BCUT2D eigenvalue weighted by Crippen LogP contribution is 2.43. The van der Waals surface area contributed by atoms with E-state index in [0.717, 1.165) is 29.8 Å². The van der Waals surface area contributed by atoms with E-state index in [1.54, 1.807) is 11.3 Å². The Hall–Kier alpha value is -1.45. The third-order valence-corrected chi connectivity index (χ3v) is 5.49. The topological polar surface area (TPSA) is 64.9 Å². The number of thiocarbonyl (C=S) groups is 1. The van der Waals surface area contributed by atoms with Crippen LogP contribution in [0, 0.1) is 22.7 Å². The summed E-state index contributed by atoms with van der Waals surface area (Å²) in [6.45, 7) is 8.22. The Labute approximate surface area is 140 Å². The second kappa shape index (κ2) is 6.35. The fourth-order valence-corrected chi connectivity index (χ4v) is 4.42. The summed E-state index contributed by atoms with van der Waals surface area (Å²) in [6, 6.07) is 2.29. The SMILES string of the molecule is CC(=O)NC(=S)Nc1sc2c(c1C#N)CCC(C(C)(C)C)C2. The Kier molecular flexibility index (Phi) is 4.88. The summed E-state index contributed by atoms with van der Waals surface area (Å²) in [6.07, 6.45) is 3.05. The maximum absolute atomic E-state index is 11.0. The zero-order valence-electron chi connectivity index (χ0n) is 13.4. The van der Waals surface area contributed by atoms with Crippen LogP contribution in [0.2, 0.25) is 0 Å². The van der Waals surface area contributed by atoms with Gasteiger partial charge in [-0.05, 0) is 48.4 Å². The van der Waals surface area contributed by atoms with Crippen LogP contribution < -0.4 is 10.6 Å². The van der Waals surface area contributed by atoms with Crippen molar-refractivity contribution in [3.8, 4) is 6.07 Å². The van der Waals surface area contributed by atoms with E-state index < -0.39 is 0 Å². The first-order valence-corrected chi connectivity index (χ1v) is 8.58. The van der Waals surface area contributed by atoms with Crippen molar-refractivity contribution < 1.29 is 4.79 Å². The largest absolute Gasteiger partial charge is 0.323 e. The molecule has 0 saturated heterocycles. The molecule has 2 rings (SSSR count). The van der Waals surface area contributed by atoms with Gasteiger partial charge in [-0.3, -0.25) is 4.79 Å². The van der Waals surface area contributed by atoms with Gasteiger partial charge in [-0.1, -0.05) is 20.8 Å². The average Bonchev–Trinajstić information content (AvgIpc) is 2.72. The summed E-state index contributed by atoms with van der Waals surface area (Å²) < 4.78 is 0. The number of anilines is 1. The van der Waals surface area contributed by atoms with Crippen LogP contribution in [0.15, 0.2) is 0 Å². The molecule has 1 amide bonds. The maximum atomic E-state index is 11.0. The molecule has 1 aromatic rings. The monoisotopic (exact) mass is 335 g/mol. The quantitative estimate of drug-likeness (QED) is 0.770. The first-order chi connectivity index (χ1) is 10.2. The number of rotatable bonds is 1. The molecule has 1 unspecified atom stereocenters. The van der Waals surface area contributed by atoms with E-state index in [4.69, 9.17) is 12.2 Å². The van der Waals surface area contributed by atoms with Crippen molar-refractivity contribution in [3.63, 3.8) is 0 Å². The molecule has 1 atom stereocenters. The predicted molar refractivity (Wildman–Crippen MR) is 94.0 cm³/mol. The van der Waals surface area contributed by atoms with E-state index in [1.807, 2.05) is 0 Å². The van der Waals surface area contributed by atoms with Gasteiger partial charge >= 0.3 is 0 Å². The molecule has 0 bridgehead atoms. The third kappa shape index (κ3) is 3.65. The molecular formula is C16H21N3OS2. The summed E-state index contributed by atoms with van der Waals surface area (Å²) in [5, 5.41) is 16.0. The van der Waals surface area contributed by atoms with Crippen LogP contribution in [0.1, 0.15) is 50.1 Å². The van der Waals surface area contributed by atoms with E-state index >= 15 is 0 Å². The number of hydrogen-bond acceptors (Lipinski definition) is 4. The van der Waals surface area contributed by atoms with Crippen molar-refractivity contribution >= 4 is 39.6 Å². The van der Waals surface area contributed by atoms with Gasteiger partial charge < -0.3 is 10.6 Å². The Morgan fingerprint density at radius 2 is 2.14 bits per heavy atom. The predicted octanol–water partition coefficient (Wildman–Crippen LogP) is 3.60. The molecule has 4 nitrogen and oxygen atoms in total. The highest BCUT2D eigenvalue weighted by atomic mass is 32.1.